The fourth-order valence-electron chi connectivity index (χ4n) is 1.26. The maximum absolute atomic E-state index is 10.1. The zero-order valence-electron chi connectivity index (χ0n) is 8.48. The van der Waals surface area contributed by atoms with Gasteiger partial charge in [0.15, 0.2) is 0 Å². The van der Waals surface area contributed by atoms with E-state index in [0.717, 1.165) is 0 Å². The molecule has 0 radical (unpaired) electrons. The first-order chi connectivity index (χ1) is 6.00. The number of hydrogen-bond donors (Lipinski definition) is 1. The Morgan fingerprint density at radius 2 is 2.31 bits per heavy atom. The zero-order chi connectivity index (χ0) is 10.1. The monoisotopic (exact) mass is 184 g/mol. The van der Waals surface area contributed by atoms with E-state index in [0.29, 0.717) is 5.82 Å². The van der Waals surface area contributed by atoms with Crippen molar-refractivity contribution in [3.05, 3.63) is 18.2 Å². The summed E-state index contributed by atoms with van der Waals surface area (Å²) in [5.41, 5.74) is -1.05. The summed E-state index contributed by atoms with van der Waals surface area (Å²) in [4.78, 5) is 4.09. The Morgan fingerprint density at radius 1 is 1.69 bits per heavy atom. The van der Waals surface area contributed by atoms with Gasteiger partial charge in [-0.15, -0.1) is 0 Å². The van der Waals surface area contributed by atoms with Crippen LogP contribution < -0.4 is 0 Å². The molecule has 2 atom stereocenters. The lowest BCUT2D eigenvalue weighted by Gasteiger charge is -2.28. The molecule has 0 saturated heterocycles. The van der Waals surface area contributed by atoms with Gasteiger partial charge in [-0.2, -0.15) is 0 Å². The molecular formula is C9H16N2O2. The Hall–Kier alpha value is -0.870. The molecule has 0 aliphatic carbocycles. The Bertz CT molecular complexity index is 281. The standard InChI is InChI=1S/C9H16N2O2/c1-7(13-4)9(2,12)8-10-5-6-11(8)3/h5-7,12H,1-4H3. The Balaban J connectivity index is 2.99. The molecule has 1 aromatic rings. The lowest BCUT2D eigenvalue weighted by atomic mass is 9.99. The second-order valence-electron chi connectivity index (χ2n) is 3.39. The number of nitrogens with zero attached hydrogens (tertiary/aromatic N) is 2. The maximum atomic E-state index is 10.1. The average molecular weight is 184 g/mol. The van der Waals surface area contributed by atoms with Crippen molar-refractivity contribution < 1.29 is 9.84 Å². The highest BCUT2D eigenvalue weighted by Crippen LogP contribution is 2.23. The predicted molar refractivity (Wildman–Crippen MR) is 49.2 cm³/mol. The third-order valence-electron chi connectivity index (χ3n) is 2.42. The number of aromatic nitrogens is 2. The van der Waals surface area contributed by atoms with Gasteiger partial charge in [0.1, 0.15) is 11.4 Å². The van der Waals surface area contributed by atoms with Crippen LogP contribution in [0.2, 0.25) is 0 Å². The number of aryl methyl sites for hydroxylation is 1. The smallest absolute Gasteiger partial charge is 0.145 e. The molecule has 74 valence electrons. The van der Waals surface area contributed by atoms with Crippen LogP contribution in [-0.4, -0.2) is 27.9 Å². The lowest BCUT2D eigenvalue weighted by molar-refractivity contribution is -0.0840. The van der Waals surface area contributed by atoms with Crippen molar-refractivity contribution in [2.24, 2.45) is 7.05 Å². The molecule has 1 heterocycles. The summed E-state index contributed by atoms with van der Waals surface area (Å²) >= 11 is 0. The molecule has 0 spiro atoms. The van der Waals surface area contributed by atoms with Crippen LogP contribution in [0.5, 0.6) is 0 Å². The van der Waals surface area contributed by atoms with E-state index in [4.69, 9.17) is 4.74 Å². The molecular weight excluding hydrogens is 168 g/mol. The molecule has 1 rings (SSSR count). The summed E-state index contributed by atoms with van der Waals surface area (Å²) < 4.78 is 6.88. The number of rotatable bonds is 3. The van der Waals surface area contributed by atoms with Crippen LogP contribution in [0.4, 0.5) is 0 Å². The van der Waals surface area contributed by atoms with Crippen LogP contribution in [0.25, 0.3) is 0 Å². The molecule has 1 N–H and O–H groups in total. The molecule has 0 aromatic carbocycles. The minimum atomic E-state index is -1.05. The van der Waals surface area contributed by atoms with Crippen LogP contribution >= 0.6 is 0 Å². The number of ether oxygens (including phenoxy) is 1. The molecule has 1 aromatic heterocycles. The first-order valence-electron chi connectivity index (χ1n) is 4.23. The van der Waals surface area contributed by atoms with E-state index in [1.54, 1.807) is 31.0 Å². The summed E-state index contributed by atoms with van der Waals surface area (Å²) in [6.07, 6.45) is 3.17. The van der Waals surface area contributed by atoms with Crippen LogP contribution in [0.1, 0.15) is 19.7 Å². The van der Waals surface area contributed by atoms with Gasteiger partial charge in [0.2, 0.25) is 0 Å². The molecule has 0 aliphatic rings. The van der Waals surface area contributed by atoms with Crippen molar-refractivity contribution in [1.29, 1.82) is 0 Å². The fraction of sp³-hybridized carbons (Fsp3) is 0.667. The van der Waals surface area contributed by atoms with Gasteiger partial charge in [0, 0.05) is 26.6 Å². The first kappa shape index (κ1) is 10.2. The maximum Gasteiger partial charge on any atom is 0.145 e. The minimum absolute atomic E-state index is 0.284. The first-order valence-corrected chi connectivity index (χ1v) is 4.23. The number of aliphatic hydroxyl groups is 1. The van der Waals surface area contributed by atoms with E-state index in [-0.39, 0.29) is 6.10 Å². The van der Waals surface area contributed by atoms with Gasteiger partial charge >= 0.3 is 0 Å². The highest BCUT2D eigenvalue weighted by molar-refractivity contribution is 5.05. The van der Waals surface area contributed by atoms with Gasteiger partial charge in [-0.25, -0.2) is 4.98 Å². The van der Waals surface area contributed by atoms with E-state index in [1.165, 1.54) is 0 Å². The number of hydrogen-bond acceptors (Lipinski definition) is 3. The molecule has 0 bridgehead atoms. The highest BCUT2D eigenvalue weighted by Gasteiger charge is 2.34. The summed E-state index contributed by atoms with van der Waals surface area (Å²) in [5, 5.41) is 10.1. The van der Waals surface area contributed by atoms with Crippen LogP contribution in [0, 0.1) is 0 Å². The van der Waals surface area contributed by atoms with Crippen molar-refractivity contribution in [3.8, 4) is 0 Å². The normalized spacial score (nSPS) is 18.2. The highest BCUT2D eigenvalue weighted by atomic mass is 16.5. The molecule has 0 amide bonds. The SMILES string of the molecule is COC(C)C(C)(O)c1nccn1C. The van der Waals surface area contributed by atoms with Crippen molar-refractivity contribution in [2.45, 2.75) is 25.6 Å². The number of imidazole rings is 1. The molecule has 4 heteroatoms. The zero-order valence-corrected chi connectivity index (χ0v) is 8.48. The largest absolute Gasteiger partial charge is 0.379 e. The van der Waals surface area contributed by atoms with E-state index in [2.05, 4.69) is 4.98 Å². The van der Waals surface area contributed by atoms with Crippen molar-refractivity contribution >= 4 is 0 Å². The average Bonchev–Trinajstić information content (AvgIpc) is 2.50. The summed E-state index contributed by atoms with van der Waals surface area (Å²) in [6.45, 7) is 3.51. The van der Waals surface area contributed by atoms with Crippen LogP contribution in [-0.2, 0) is 17.4 Å². The fourth-order valence-corrected chi connectivity index (χ4v) is 1.26. The third kappa shape index (κ3) is 1.73. The van der Waals surface area contributed by atoms with Crippen molar-refractivity contribution in [1.82, 2.24) is 9.55 Å². The van der Waals surface area contributed by atoms with Gasteiger partial charge in [-0.1, -0.05) is 0 Å². The molecule has 2 unspecified atom stereocenters. The van der Waals surface area contributed by atoms with E-state index in [1.807, 2.05) is 14.0 Å². The minimum Gasteiger partial charge on any atom is -0.379 e. The topological polar surface area (TPSA) is 47.3 Å². The number of methoxy groups -OCH3 is 1. The van der Waals surface area contributed by atoms with Gasteiger partial charge < -0.3 is 14.4 Å². The Kier molecular flexibility index (Phi) is 2.73. The summed E-state index contributed by atoms with van der Waals surface area (Å²) in [6, 6.07) is 0. The van der Waals surface area contributed by atoms with E-state index in [9.17, 15) is 5.11 Å². The van der Waals surface area contributed by atoms with Crippen molar-refractivity contribution in [2.75, 3.05) is 7.11 Å². The Morgan fingerprint density at radius 3 is 2.69 bits per heavy atom. The predicted octanol–water partition coefficient (Wildman–Crippen LogP) is 0.663. The summed E-state index contributed by atoms with van der Waals surface area (Å²) in [5.74, 6) is 0.613. The second kappa shape index (κ2) is 3.47. The summed E-state index contributed by atoms with van der Waals surface area (Å²) in [7, 11) is 3.42. The molecule has 0 aliphatic heterocycles. The molecule has 13 heavy (non-hydrogen) atoms. The second-order valence-corrected chi connectivity index (χ2v) is 3.39. The van der Waals surface area contributed by atoms with Gasteiger partial charge in [-0.05, 0) is 13.8 Å². The Labute approximate surface area is 78.2 Å². The quantitative estimate of drug-likeness (QED) is 0.750. The molecule has 0 saturated carbocycles. The van der Waals surface area contributed by atoms with Gasteiger partial charge in [0.05, 0.1) is 6.10 Å². The van der Waals surface area contributed by atoms with Crippen LogP contribution in [0.3, 0.4) is 0 Å². The third-order valence-corrected chi connectivity index (χ3v) is 2.42. The van der Waals surface area contributed by atoms with Crippen LogP contribution in [0.15, 0.2) is 12.4 Å². The van der Waals surface area contributed by atoms with Gasteiger partial charge in [-0.3, -0.25) is 0 Å². The van der Waals surface area contributed by atoms with E-state index >= 15 is 0 Å². The van der Waals surface area contributed by atoms with Gasteiger partial charge in [0.25, 0.3) is 0 Å². The van der Waals surface area contributed by atoms with Crippen molar-refractivity contribution in [3.63, 3.8) is 0 Å². The van der Waals surface area contributed by atoms with E-state index < -0.39 is 5.60 Å². The molecule has 0 fully saturated rings. The molecule has 4 nitrogen and oxygen atoms in total. The lowest BCUT2D eigenvalue weighted by Crippen LogP contribution is -2.38.